The Balaban J connectivity index is 1.60. The monoisotopic (exact) mass is 412 g/mol. The number of hydrogen-bond donors (Lipinski definition) is 1. The first-order valence-electron chi connectivity index (χ1n) is 9.28. The summed E-state index contributed by atoms with van der Waals surface area (Å²) in [7, 11) is 0.686. The molecule has 7 nitrogen and oxygen atoms in total. The fraction of sp³-hybridized carbons (Fsp3) is 0.611. The van der Waals surface area contributed by atoms with E-state index in [1.807, 2.05) is 7.05 Å². The molecule has 1 aromatic carbocycles. The van der Waals surface area contributed by atoms with E-state index in [2.05, 4.69) is 22.2 Å². The summed E-state index contributed by atoms with van der Waals surface area (Å²) in [5.41, 5.74) is 0.792. The topological polar surface area (TPSA) is 65.1 Å². The van der Waals surface area contributed by atoms with Gasteiger partial charge in [-0.1, -0.05) is 0 Å². The smallest absolute Gasteiger partial charge is 0.243 e. The molecule has 1 aromatic rings. The molecular formula is C18H28N4O3S2. The molecule has 2 fully saturated rings. The molecule has 0 amide bonds. The van der Waals surface area contributed by atoms with E-state index in [0.29, 0.717) is 42.4 Å². The molecule has 0 radical (unpaired) electrons. The van der Waals surface area contributed by atoms with Gasteiger partial charge in [0, 0.05) is 31.9 Å². The number of piperidine rings is 1. The maximum atomic E-state index is 12.7. The highest BCUT2D eigenvalue weighted by Crippen LogP contribution is 2.20. The predicted octanol–water partition coefficient (Wildman–Crippen LogP) is 1.43. The van der Waals surface area contributed by atoms with Crippen LogP contribution in [0.5, 0.6) is 0 Å². The summed E-state index contributed by atoms with van der Waals surface area (Å²) in [6.45, 7) is 3.83. The minimum atomic E-state index is -3.47. The van der Waals surface area contributed by atoms with Crippen LogP contribution >= 0.6 is 12.2 Å². The van der Waals surface area contributed by atoms with Crippen LogP contribution in [0.1, 0.15) is 12.8 Å². The quantitative estimate of drug-likeness (QED) is 0.751. The van der Waals surface area contributed by atoms with E-state index >= 15 is 0 Å². The summed E-state index contributed by atoms with van der Waals surface area (Å²) < 4.78 is 32.1. The second kappa shape index (κ2) is 8.83. The number of rotatable bonds is 4. The maximum Gasteiger partial charge on any atom is 0.243 e. The predicted molar refractivity (Wildman–Crippen MR) is 111 cm³/mol. The van der Waals surface area contributed by atoms with E-state index in [1.165, 1.54) is 4.31 Å². The number of sulfonamides is 1. The van der Waals surface area contributed by atoms with Crippen molar-refractivity contribution in [2.24, 2.45) is 0 Å². The Morgan fingerprint density at radius 1 is 1.15 bits per heavy atom. The summed E-state index contributed by atoms with van der Waals surface area (Å²) in [5.74, 6) is 0. The van der Waals surface area contributed by atoms with Crippen molar-refractivity contribution < 1.29 is 13.2 Å². The van der Waals surface area contributed by atoms with Gasteiger partial charge in [-0.3, -0.25) is 0 Å². The zero-order valence-electron chi connectivity index (χ0n) is 15.9. The number of hydrogen-bond acceptors (Lipinski definition) is 5. The molecule has 1 N–H and O–H groups in total. The Kier molecular flexibility index (Phi) is 6.69. The van der Waals surface area contributed by atoms with Gasteiger partial charge in [0.05, 0.1) is 18.1 Å². The Hall–Kier alpha value is -1.26. The molecule has 0 aromatic heterocycles. The molecule has 0 unspecified atom stereocenters. The van der Waals surface area contributed by atoms with Crippen LogP contribution in [-0.4, -0.2) is 87.2 Å². The lowest BCUT2D eigenvalue weighted by Gasteiger charge is -2.36. The zero-order valence-corrected chi connectivity index (χ0v) is 17.6. The number of benzene rings is 1. The van der Waals surface area contributed by atoms with Crippen molar-refractivity contribution in [1.29, 1.82) is 0 Å². The fourth-order valence-electron chi connectivity index (χ4n) is 3.41. The maximum absolute atomic E-state index is 12.7. The molecule has 0 aliphatic carbocycles. The third-order valence-electron chi connectivity index (χ3n) is 5.27. The second-order valence-corrected chi connectivity index (χ2v) is 9.44. The van der Waals surface area contributed by atoms with E-state index < -0.39 is 10.0 Å². The van der Waals surface area contributed by atoms with Crippen LogP contribution in [0.3, 0.4) is 0 Å². The van der Waals surface area contributed by atoms with Crippen LogP contribution in [0, 0.1) is 0 Å². The summed E-state index contributed by atoms with van der Waals surface area (Å²) in [6, 6.07) is 7.23. The van der Waals surface area contributed by atoms with Crippen molar-refractivity contribution >= 4 is 33.0 Å². The van der Waals surface area contributed by atoms with Crippen LogP contribution in [0.4, 0.5) is 5.69 Å². The Morgan fingerprint density at radius 3 is 2.33 bits per heavy atom. The number of thiocarbonyl (C=S) groups is 1. The highest BCUT2D eigenvalue weighted by Gasteiger charge is 2.26. The molecule has 2 heterocycles. The molecule has 0 saturated carbocycles. The lowest BCUT2D eigenvalue weighted by atomic mass is 10.0. The molecule has 27 heavy (non-hydrogen) atoms. The molecule has 2 saturated heterocycles. The molecule has 0 spiro atoms. The number of nitrogens with one attached hydrogen (secondary N) is 1. The second-order valence-electron chi connectivity index (χ2n) is 7.12. The third kappa shape index (κ3) is 4.97. The molecule has 2 aliphatic rings. The average Bonchev–Trinajstić information content (AvgIpc) is 2.69. The van der Waals surface area contributed by atoms with Crippen molar-refractivity contribution in [3.63, 3.8) is 0 Å². The van der Waals surface area contributed by atoms with Crippen LogP contribution < -0.4 is 5.32 Å². The number of anilines is 1. The summed E-state index contributed by atoms with van der Waals surface area (Å²) in [4.78, 5) is 4.74. The Bertz CT molecular complexity index is 740. The average molecular weight is 413 g/mol. The Morgan fingerprint density at radius 2 is 1.74 bits per heavy atom. The SMILES string of the molecule is CN1CCC(N(C)C(=S)Nc2ccc(S(=O)(=O)N3CCOCC3)cc2)CC1. The van der Waals surface area contributed by atoms with Gasteiger partial charge in [-0.25, -0.2) is 8.42 Å². The molecule has 0 atom stereocenters. The zero-order chi connectivity index (χ0) is 19.4. The van der Waals surface area contributed by atoms with Crippen molar-refractivity contribution in [3.05, 3.63) is 24.3 Å². The van der Waals surface area contributed by atoms with E-state index in [1.54, 1.807) is 24.3 Å². The van der Waals surface area contributed by atoms with E-state index in [-0.39, 0.29) is 0 Å². The molecule has 0 bridgehead atoms. The normalized spacial score (nSPS) is 20.4. The van der Waals surface area contributed by atoms with Gasteiger partial charge >= 0.3 is 0 Å². The Labute approximate surface area is 167 Å². The summed E-state index contributed by atoms with van der Waals surface area (Å²) >= 11 is 5.54. The highest BCUT2D eigenvalue weighted by molar-refractivity contribution is 7.89. The molecule has 3 rings (SSSR count). The summed E-state index contributed by atoms with van der Waals surface area (Å²) in [5, 5.41) is 3.88. The number of likely N-dealkylation sites (tertiary alicyclic amines) is 1. The standard InChI is InChI=1S/C18H28N4O3S2/c1-20-9-7-16(8-10-20)21(2)18(26)19-15-3-5-17(6-4-15)27(23,24)22-11-13-25-14-12-22/h3-6,16H,7-14H2,1-2H3,(H,19,26). The van der Waals surface area contributed by atoms with Crippen molar-refractivity contribution in [2.75, 3.05) is 58.8 Å². The van der Waals surface area contributed by atoms with Crippen molar-refractivity contribution in [3.8, 4) is 0 Å². The fourth-order valence-corrected chi connectivity index (χ4v) is 5.08. The number of ether oxygens (including phenoxy) is 1. The van der Waals surface area contributed by atoms with Gasteiger partial charge in [-0.2, -0.15) is 4.31 Å². The third-order valence-corrected chi connectivity index (χ3v) is 7.57. The van der Waals surface area contributed by atoms with Crippen LogP contribution in [0.25, 0.3) is 0 Å². The first-order chi connectivity index (χ1) is 12.9. The number of nitrogens with zero attached hydrogens (tertiary/aromatic N) is 3. The number of morpholine rings is 1. The first-order valence-corrected chi connectivity index (χ1v) is 11.1. The largest absolute Gasteiger partial charge is 0.379 e. The van der Waals surface area contributed by atoms with Gasteiger partial charge in [0.25, 0.3) is 0 Å². The summed E-state index contributed by atoms with van der Waals surface area (Å²) in [6.07, 6.45) is 2.18. The minimum Gasteiger partial charge on any atom is -0.379 e. The van der Waals surface area contributed by atoms with Crippen LogP contribution in [0.2, 0.25) is 0 Å². The van der Waals surface area contributed by atoms with Gasteiger partial charge in [0.2, 0.25) is 10.0 Å². The minimum absolute atomic E-state index is 0.296. The molecule has 150 valence electrons. The van der Waals surface area contributed by atoms with E-state index in [0.717, 1.165) is 31.6 Å². The van der Waals surface area contributed by atoms with Gasteiger partial charge in [-0.15, -0.1) is 0 Å². The van der Waals surface area contributed by atoms with E-state index in [9.17, 15) is 8.42 Å². The molecule has 2 aliphatic heterocycles. The lowest BCUT2D eigenvalue weighted by molar-refractivity contribution is 0.0730. The molecular weight excluding hydrogens is 384 g/mol. The van der Waals surface area contributed by atoms with Crippen molar-refractivity contribution in [1.82, 2.24) is 14.1 Å². The van der Waals surface area contributed by atoms with Crippen molar-refractivity contribution in [2.45, 2.75) is 23.8 Å². The van der Waals surface area contributed by atoms with Gasteiger partial charge in [0.1, 0.15) is 0 Å². The molecule has 9 heteroatoms. The lowest BCUT2D eigenvalue weighted by Crippen LogP contribution is -2.45. The van der Waals surface area contributed by atoms with Gasteiger partial charge < -0.3 is 19.9 Å². The first kappa shape index (κ1) is 20.5. The van der Waals surface area contributed by atoms with Gasteiger partial charge in [0.15, 0.2) is 5.11 Å². The van der Waals surface area contributed by atoms with Crippen LogP contribution in [0.15, 0.2) is 29.2 Å². The van der Waals surface area contributed by atoms with Crippen LogP contribution in [-0.2, 0) is 14.8 Å². The van der Waals surface area contributed by atoms with Gasteiger partial charge in [-0.05, 0) is 69.5 Å². The highest BCUT2D eigenvalue weighted by atomic mass is 32.2. The van der Waals surface area contributed by atoms with E-state index in [4.69, 9.17) is 17.0 Å².